The molecule has 3 rings (SSSR count). The lowest BCUT2D eigenvalue weighted by molar-refractivity contribution is -0.116. The van der Waals surface area contributed by atoms with Crippen LogP contribution < -0.4 is 10.6 Å². The van der Waals surface area contributed by atoms with Crippen molar-refractivity contribution in [2.45, 2.75) is 19.8 Å². The molecule has 166 valence electrons. The minimum Gasteiger partial charge on any atom is -0.461 e. The number of ether oxygens (including phenoxy) is 1. The molecule has 0 radical (unpaired) electrons. The summed E-state index contributed by atoms with van der Waals surface area (Å²) in [6.45, 7) is 2.41. The van der Waals surface area contributed by atoms with Crippen LogP contribution in [0.4, 0.5) is 5.69 Å². The summed E-state index contributed by atoms with van der Waals surface area (Å²) in [5, 5.41) is 10.4. The molecule has 0 aliphatic heterocycles. The van der Waals surface area contributed by atoms with Gasteiger partial charge in [-0.05, 0) is 67.9 Å². The highest BCUT2D eigenvalue weighted by molar-refractivity contribution is 6.30. The first kappa shape index (κ1) is 23.0. The van der Waals surface area contributed by atoms with Crippen molar-refractivity contribution < 1.29 is 19.1 Å². The Morgan fingerprint density at radius 1 is 1.03 bits per heavy atom. The maximum Gasteiger partial charge on any atom is 0.358 e. The van der Waals surface area contributed by atoms with Crippen molar-refractivity contribution in [3.8, 4) is 5.69 Å². The fraction of sp³-hybridized carbons (Fsp3) is 0.217. The number of nitrogens with zero attached hydrogens (tertiary/aromatic N) is 2. The van der Waals surface area contributed by atoms with Crippen molar-refractivity contribution in [2.75, 3.05) is 18.5 Å². The zero-order chi connectivity index (χ0) is 22.9. The summed E-state index contributed by atoms with van der Waals surface area (Å²) in [5.41, 5.74) is 2.13. The number of hydrogen-bond acceptors (Lipinski definition) is 5. The number of aromatic nitrogens is 2. The van der Waals surface area contributed by atoms with Gasteiger partial charge >= 0.3 is 5.97 Å². The van der Waals surface area contributed by atoms with Crippen LogP contribution in [0.1, 0.15) is 40.6 Å². The van der Waals surface area contributed by atoms with Gasteiger partial charge in [0.05, 0.1) is 12.3 Å². The average Bonchev–Trinajstić information content (AvgIpc) is 3.28. The Bertz CT molecular complexity index is 1080. The van der Waals surface area contributed by atoms with Crippen LogP contribution in [0.25, 0.3) is 5.69 Å². The molecule has 0 fully saturated rings. The third-order valence-electron chi connectivity index (χ3n) is 4.46. The van der Waals surface area contributed by atoms with Crippen LogP contribution in [0.15, 0.2) is 60.8 Å². The summed E-state index contributed by atoms with van der Waals surface area (Å²) in [6.07, 6.45) is 2.44. The Morgan fingerprint density at radius 2 is 1.75 bits per heavy atom. The molecule has 0 aliphatic rings. The molecule has 0 aliphatic carbocycles. The zero-order valence-corrected chi connectivity index (χ0v) is 18.3. The third-order valence-corrected chi connectivity index (χ3v) is 4.71. The SMILES string of the molecule is CCOC(=O)c1ccn(-c2ccc(NC(=O)CCCNC(=O)c3ccc(Cl)cc3)cc2)n1. The second kappa shape index (κ2) is 11.1. The fourth-order valence-corrected chi connectivity index (χ4v) is 2.98. The van der Waals surface area contributed by atoms with Gasteiger partial charge in [0.2, 0.25) is 5.91 Å². The highest BCUT2D eigenvalue weighted by atomic mass is 35.5. The van der Waals surface area contributed by atoms with Crippen molar-refractivity contribution in [2.24, 2.45) is 0 Å². The summed E-state index contributed by atoms with van der Waals surface area (Å²) in [7, 11) is 0. The molecule has 2 aromatic carbocycles. The number of anilines is 1. The van der Waals surface area contributed by atoms with Gasteiger partial charge < -0.3 is 15.4 Å². The molecule has 9 heteroatoms. The van der Waals surface area contributed by atoms with Crippen molar-refractivity contribution in [1.82, 2.24) is 15.1 Å². The second-order valence-corrected chi connectivity index (χ2v) is 7.26. The molecule has 0 atom stereocenters. The molecule has 0 saturated heterocycles. The molecule has 0 unspecified atom stereocenters. The number of carbonyl (C=O) groups is 3. The molecule has 0 spiro atoms. The molecule has 2 amide bonds. The minimum absolute atomic E-state index is 0.151. The Labute approximate surface area is 190 Å². The van der Waals surface area contributed by atoms with Gasteiger partial charge in [0, 0.05) is 35.4 Å². The fourth-order valence-electron chi connectivity index (χ4n) is 2.86. The van der Waals surface area contributed by atoms with E-state index in [2.05, 4.69) is 15.7 Å². The van der Waals surface area contributed by atoms with E-state index in [9.17, 15) is 14.4 Å². The summed E-state index contributed by atoms with van der Waals surface area (Å²) in [6, 6.07) is 15.3. The first-order valence-electron chi connectivity index (χ1n) is 10.1. The number of halogens is 1. The Balaban J connectivity index is 1.43. The van der Waals surface area contributed by atoms with E-state index >= 15 is 0 Å². The highest BCUT2D eigenvalue weighted by Gasteiger charge is 2.11. The van der Waals surface area contributed by atoms with E-state index in [1.165, 1.54) is 0 Å². The number of amides is 2. The van der Waals surface area contributed by atoms with Crippen molar-refractivity contribution in [3.63, 3.8) is 0 Å². The highest BCUT2D eigenvalue weighted by Crippen LogP contribution is 2.14. The number of carbonyl (C=O) groups excluding carboxylic acids is 3. The Hall–Kier alpha value is -3.65. The van der Waals surface area contributed by atoms with Crippen LogP contribution in [0.2, 0.25) is 5.02 Å². The first-order valence-corrected chi connectivity index (χ1v) is 10.5. The Kier molecular flexibility index (Phi) is 7.99. The maximum absolute atomic E-state index is 12.2. The number of rotatable bonds is 9. The lowest BCUT2D eigenvalue weighted by Crippen LogP contribution is -2.25. The predicted molar refractivity (Wildman–Crippen MR) is 121 cm³/mol. The molecule has 8 nitrogen and oxygen atoms in total. The van der Waals surface area contributed by atoms with E-state index in [4.69, 9.17) is 16.3 Å². The Morgan fingerprint density at radius 3 is 2.44 bits per heavy atom. The quantitative estimate of drug-likeness (QED) is 0.377. The average molecular weight is 455 g/mol. The number of esters is 1. The van der Waals surface area contributed by atoms with E-state index < -0.39 is 5.97 Å². The topological polar surface area (TPSA) is 102 Å². The minimum atomic E-state index is -0.473. The van der Waals surface area contributed by atoms with Crippen LogP contribution in [-0.2, 0) is 9.53 Å². The molecule has 1 aromatic heterocycles. The van der Waals surface area contributed by atoms with Gasteiger partial charge in [0.1, 0.15) is 0 Å². The zero-order valence-electron chi connectivity index (χ0n) is 17.5. The van der Waals surface area contributed by atoms with Crippen molar-refractivity contribution in [1.29, 1.82) is 0 Å². The van der Waals surface area contributed by atoms with Crippen LogP contribution in [0, 0.1) is 0 Å². The third kappa shape index (κ3) is 6.42. The molecular weight excluding hydrogens is 432 g/mol. The summed E-state index contributed by atoms with van der Waals surface area (Å²) in [4.78, 5) is 35.9. The lowest BCUT2D eigenvalue weighted by Gasteiger charge is -2.08. The van der Waals surface area contributed by atoms with Gasteiger partial charge in [-0.3, -0.25) is 9.59 Å². The van der Waals surface area contributed by atoms with Crippen LogP contribution in [0.5, 0.6) is 0 Å². The van der Waals surface area contributed by atoms with Crippen molar-refractivity contribution in [3.05, 3.63) is 77.1 Å². The molecule has 2 N–H and O–H groups in total. The van der Waals surface area contributed by atoms with E-state index in [-0.39, 0.29) is 30.5 Å². The van der Waals surface area contributed by atoms with Gasteiger partial charge in [0.15, 0.2) is 5.69 Å². The van der Waals surface area contributed by atoms with Crippen LogP contribution in [-0.4, -0.2) is 40.7 Å². The molecule has 0 saturated carbocycles. The summed E-state index contributed by atoms with van der Waals surface area (Å²) < 4.78 is 6.49. The number of benzene rings is 2. The number of hydrogen-bond donors (Lipinski definition) is 2. The molecular formula is C23H23ClN4O4. The van der Waals surface area contributed by atoms with Gasteiger partial charge in [-0.1, -0.05) is 11.6 Å². The van der Waals surface area contributed by atoms with E-state index in [1.807, 2.05) is 0 Å². The molecule has 3 aromatic rings. The number of nitrogens with one attached hydrogen (secondary N) is 2. The molecule has 0 bridgehead atoms. The largest absolute Gasteiger partial charge is 0.461 e. The van der Waals surface area contributed by atoms with Gasteiger partial charge in [-0.15, -0.1) is 0 Å². The van der Waals surface area contributed by atoms with Gasteiger partial charge in [-0.2, -0.15) is 5.10 Å². The summed E-state index contributed by atoms with van der Waals surface area (Å²) >= 11 is 5.81. The van der Waals surface area contributed by atoms with Gasteiger partial charge in [0.25, 0.3) is 5.91 Å². The van der Waals surface area contributed by atoms with E-state index in [0.29, 0.717) is 29.2 Å². The van der Waals surface area contributed by atoms with Gasteiger partial charge in [-0.25, -0.2) is 9.48 Å². The van der Waals surface area contributed by atoms with E-state index in [0.717, 1.165) is 5.69 Å². The predicted octanol–water partition coefficient (Wildman–Crippen LogP) is 3.85. The first-order chi connectivity index (χ1) is 15.5. The molecule has 32 heavy (non-hydrogen) atoms. The van der Waals surface area contributed by atoms with E-state index in [1.54, 1.807) is 72.4 Å². The lowest BCUT2D eigenvalue weighted by atomic mass is 10.2. The normalized spacial score (nSPS) is 10.4. The van der Waals surface area contributed by atoms with Crippen molar-refractivity contribution >= 4 is 35.1 Å². The second-order valence-electron chi connectivity index (χ2n) is 6.83. The summed E-state index contributed by atoms with van der Waals surface area (Å²) in [5.74, 6) is -0.830. The smallest absolute Gasteiger partial charge is 0.358 e. The standard InChI is InChI=1S/C23H23ClN4O4/c1-2-32-23(31)20-13-15-28(27-20)19-11-9-18(10-12-19)26-21(29)4-3-14-25-22(30)16-5-7-17(24)8-6-16/h5-13,15H,2-4,14H2,1H3,(H,25,30)(H,26,29). The van der Waals surface area contributed by atoms with Crippen LogP contribution in [0.3, 0.4) is 0 Å². The van der Waals surface area contributed by atoms with Crippen LogP contribution >= 0.6 is 11.6 Å². The maximum atomic E-state index is 12.2. The molecule has 1 heterocycles. The monoisotopic (exact) mass is 454 g/mol.